The lowest BCUT2D eigenvalue weighted by Gasteiger charge is -2.13. The largest absolute Gasteiger partial charge is 0.497 e. The number of imide groups is 1. The lowest BCUT2D eigenvalue weighted by atomic mass is 10.1. The van der Waals surface area contributed by atoms with Gasteiger partial charge in [-0.15, -0.1) is 0 Å². The number of nitrogens with zero attached hydrogens (tertiary/aromatic N) is 2. The molecule has 0 saturated carbocycles. The van der Waals surface area contributed by atoms with Crippen LogP contribution in [0.4, 0.5) is 16.2 Å². The lowest BCUT2D eigenvalue weighted by Crippen LogP contribution is -2.36. The number of hydrogen-bond acceptors (Lipinski definition) is 10. The van der Waals surface area contributed by atoms with E-state index in [1.807, 2.05) is 6.92 Å². The highest BCUT2D eigenvalue weighted by Crippen LogP contribution is 2.36. The summed E-state index contributed by atoms with van der Waals surface area (Å²) in [6, 6.07) is 11.5. The Balaban J connectivity index is 1.45. The molecule has 0 unspecified atom stereocenters. The Hall–Kier alpha value is -4.62. The van der Waals surface area contributed by atoms with Crippen LogP contribution >= 0.6 is 23.4 Å². The fourth-order valence-electron chi connectivity index (χ4n) is 3.71. The molecule has 1 aromatic heterocycles. The molecule has 0 radical (unpaired) electrons. The second kappa shape index (κ2) is 12.7. The molecule has 12 nitrogen and oxygen atoms in total. The third-order valence-corrected chi connectivity index (χ3v) is 6.89. The number of nitro benzene ring substituents is 1. The number of methoxy groups -OCH3 is 1. The van der Waals surface area contributed by atoms with E-state index in [0.717, 1.165) is 4.90 Å². The van der Waals surface area contributed by atoms with Crippen molar-refractivity contribution >= 4 is 63.8 Å². The maximum atomic E-state index is 12.9. The number of hydrogen-bond donors (Lipinski definition) is 1. The van der Waals surface area contributed by atoms with Crippen molar-refractivity contribution < 1.29 is 38.0 Å². The number of nitro groups is 1. The summed E-state index contributed by atoms with van der Waals surface area (Å²) in [5, 5.41) is 13.5. The van der Waals surface area contributed by atoms with E-state index in [4.69, 9.17) is 25.5 Å². The molecule has 41 heavy (non-hydrogen) atoms. The molecule has 0 atom stereocenters. The van der Waals surface area contributed by atoms with Crippen LogP contribution in [-0.2, 0) is 14.3 Å². The maximum absolute atomic E-state index is 12.9. The minimum atomic E-state index is -0.719. The number of amides is 3. The molecule has 1 N–H and O–H groups in total. The summed E-state index contributed by atoms with van der Waals surface area (Å²) in [7, 11) is 1.39. The van der Waals surface area contributed by atoms with Gasteiger partial charge in [0.25, 0.3) is 16.8 Å². The predicted molar refractivity (Wildman–Crippen MR) is 151 cm³/mol. The zero-order chi connectivity index (χ0) is 29.7. The summed E-state index contributed by atoms with van der Waals surface area (Å²) >= 11 is 6.69. The normalized spacial score (nSPS) is 13.9. The zero-order valence-electron chi connectivity index (χ0n) is 21.7. The molecule has 212 valence electrons. The van der Waals surface area contributed by atoms with E-state index in [1.165, 1.54) is 55.7 Å². The van der Waals surface area contributed by atoms with E-state index in [1.54, 1.807) is 6.07 Å². The Kier molecular flexibility index (Phi) is 9.10. The van der Waals surface area contributed by atoms with Crippen molar-refractivity contribution in [2.75, 3.05) is 25.6 Å². The van der Waals surface area contributed by atoms with Crippen LogP contribution in [0.5, 0.6) is 5.75 Å². The molecule has 1 fully saturated rings. The fourth-order valence-corrected chi connectivity index (χ4v) is 4.73. The van der Waals surface area contributed by atoms with Gasteiger partial charge < -0.3 is 19.2 Å². The summed E-state index contributed by atoms with van der Waals surface area (Å²) in [5.41, 5.74) is 0.248. The standard InChI is InChI=1S/C27H22ClN3O9S/c1-3-10-39-26(34)19-11-15(4-8-20(19)28)29-24(32)14-30-25(33)23(41-27(30)35)13-17-6-9-22(40-17)18-7-5-16(38-2)12-21(18)31(36)37/h4-9,11-13H,3,10,14H2,1-2H3,(H,29,32)/b23-13+. The van der Waals surface area contributed by atoms with Crippen LogP contribution in [0.2, 0.25) is 5.02 Å². The van der Waals surface area contributed by atoms with E-state index in [2.05, 4.69) is 5.32 Å². The smallest absolute Gasteiger partial charge is 0.339 e. The molecule has 1 aliphatic rings. The van der Waals surface area contributed by atoms with Gasteiger partial charge in [-0.2, -0.15) is 0 Å². The minimum absolute atomic E-state index is 0.000351. The molecular formula is C27H22ClN3O9S. The van der Waals surface area contributed by atoms with E-state index >= 15 is 0 Å². The third-order valence-electron chi connectivity index (χ3n) is 5.65. The number of nitrogens with one attached hydrogen (secondary N) is 1. The molecule has 3 aromatic rings. The Labute approximate surface area is 242 Å². The van der Waals surface area contributed by atoms with Gasteiger partial charge in [-0.3, -0.25) is 29.4 Å². The first kappa shape index (κ1) is 29.4. The van der Waals surface area contributed by atoms with Crippen molar-refractivity contribution in [3.05, 3.63) is 79.9 Å². The molecule has 4 rings (SSSR count). The van der Waals surface area contributed by atoms with Crippen molar-refractivity contribution in [2.24, 2.45) is 0 Å². The molecule has 14 heteroatoms. The summed E-state index contributed by atoms with van der Waals surface area (Å²) in [6.07, 6.45) is 1.94. The molecule has 3 amide bonds. The summed E-state index contributed by atoms with van der Waals surface area (Å²) in [5.74, 6) is -1.41. The van der Waals surface area contributed by atoms with Gasteiger partial charge in [-0.25, -0.2) is 4.79 Å². The van der Waals surface area contributed by atoms with Crippen LogP contribution in [0.15, 0.2) is 57.9 Å². The number of rotatable bonds is 10. The lowest BCUT2D eigenvalue weighted by molar-refractivity contribution is -0.384. The number of carbonyl (C=O) groups excluding carboxylic acids is 4. The predicted octanol–water partition coefficient (Wildman–Crippen LogP) is 5.76. The molecular weight excluding hydrogens is 578 g/mol. The van der Waals surface area contributed by atoms with Crippen molar-refractivity contribution in [2.45, 2.75) is 13.3 Å². The van der Waals surface area contributed by atoms with Gasteiger partial charge >= 0.3 is 5.97 Å². The quantitative estimate of drug-likeness (QED) is 0.131. The Morgan fingerprint density at radius 1 is 1.17 bits per heavy atom. The van der Waals surface area contributed by atoms with Gasteiger partial charge in [-0.05, 0) is 60.6 Å². The minimum Gasteiger partial charge on any atom is -0.497 e. The van der Waals surface area contributed by atoms with Crippen LogP contribution in [0.25, 0.3) is 17.4 Å². The monoisotopic (exact) mass is 599 g/mol. The van der Waals surface area contributed by atoms with Crippen molar-refractivity contribution in [3.8, 4) is 17.1 Å². The number of benzene rings is 2. The van der Waals surface area contributed by atoms with Gasteiger partial charge in [-0.1, -0.05) is 18.5 Å². The molecule has 1 aliphatic heterocycles. The van der Waals surface area contributed by atoms with Crippen LogP contribution in [0, 0.1) is 10.1 Å². The number of thioether (sulfide) groups is 1. The number of carbonyl (C=O) groups is 4. The average molecular weight is 600 g/mol. The Bertz CT molecular complexity index is 1580. The van der Waals surface area contributed by atoms with Gasteiger partial charge in [0.15, 0.2) is 0 Å². The molecule has 2 heterocycles. The van der Waals surface area contributed by atoms with E-state index in [9.17, 15) is 29.3 Å². The maximum Gasteiger partial charge on any atom is 0.339 e. The van der Waals surface area contributed by atoms with Gasteiger partial charge in [0.1, 0.15) is 23.8 Å². The zero-order valence-corrected chi connectivity index (χ0v) is 23.2. The van der Waals surface area contributed by atoms with Crippen LogP contribution in [0.1, 0.15) is 29.5 Å². The topological polar surface area (TPSA) is 158 Å². The fraction of sp³-hybridized carbons (Fsp3) is 0.185. The highest BCUT2D eigenvalue weighted by atomic mass is 35.5. The van der Waals surface area contributed by atoms with E-state index in [0.29, 0.717) is 23.9 Å². The van der Waals surface area contributed by atoms with Crippen LogP contribution < -0.4 is 10.1 Å². The van der Waals surface area contributed by atoms with Crippen LogP contribution in [-0.4, -0.2) is 53.1 Å². The molecule has 0 aliphatic carbocycles. The average Bonchev–Trinajstić information content (AvgIpc) is 3.52. The SMILES string of the molecule is CCCOC(=O)c1cc(NC(=O)CN2C(=O)S/C(=C/c3ccc(-c4ccc(OC)cc4[N+](=O)[O-])o3)C2=O)ccc1Cl. The number of halogens is 1. The molecule has 0 bridgehead atoms. The first-order valence-corrected chi connectivity index (χ1v) is 13.2. The highest BCUT2D eigenvalue weighted by Gasteiger charge is 2.36. The molecule has 0 spiro atoms. The number of esters is 1. The van der Waals surface area contributed by atoms with Crippen molar-refractivity contribution in [1.82, 2.24) is 4.90 Å². The first-order chi connectivity index (χ1) is 19.6. The number of furan rings is 1. The summed E-state index contributed by atoms with van der Waals surface area (Å²) < 4.78 is 15.8. The third kappa shape index (κ3) is 6.76. The van der Waals surface area contributed by atoms with Crippen molar-refractivity contribution in [3.63, 3.8) is 0 Å². The Morgan fingerprint density at radius 2 is 1.95 bits per heavy atom. The number of anilines is 1. The first-order valence-electron chi connectivity index (χ1n) is 12.1. The molecule has 2 aromatic carbocycles. The second-order valence-electron chi connectivity index (χ2n) is 8.49. The summed E-state index contributed by atoms with van der Waals surface area (Å²) in [6.45, 7) is 1.47. The van der Waals surface area contributed by atoms with Crippen LogP contribution in [0.3, 0.4) is 0 Å². The summed E-state index contributed by atoms with van der Waals surface area (Å²) in [4.78, 5) is 62.0. The van der Waals surface area contributed by atoms with Crippen molar-refractivity contribution in [1.29, 1.82) is 0 Å². The van der Waals surface area contributed by atoms with Gasteiger partial charge in [0.05, 0.1) is 45.8 Å². The molecule has 1 saturated heterocycles. The number of ether oxygens (including phenoxy) is 2. The van der Waals surface area contributed by atoms with Gasteiger partial charge in [0, 0.05) is 11.8 Å². The Morgan fingerprint density at radius 3 is 2.66 bits per heavy atom. The van der Waals surface area contributed by atoms with E-state index in [-0.39, 0.29) is 50.6 Å². The highest BCUT2D eigenvalue weighted by molar-refractivity contribution is 8.18. The second-order valence-corrected chi connectivity index (χ2v) is 9.89. The van der Waals surface area contributed by atoms with E-state index < -0.39 is 34.5 Å². The van der Waals surface area contributed by atoms with Gasteiger partial charge in [0.2, 0.25) is 5.91 Å².